The fraction of sp³-hybridized carbons (Fsp3) is 0.455. The highest BCUT2D eigenvalue weighted by molar-refractivity contribution is 9.11. The molecule has 2 rings (SSSR count). The first-order valence-corrected chi connectivity index (χ1v) is 7.13. The third-order valence-electron chi connectivity index (χ3n) is 2.95. The Bertz CT molecular complexity index is 504. The summed E-state index contributed by atoms with van der Waals surface area (Å²) in [7, 11) is 0. The van der Waals surface area contributed by atoms with Gasteiger partial charge in [0.05, 0.1) is 14.9 Å². The number of thiophene rings is 1. The molecule has 0 aliphatic carbocycles. The smallest absolute Gasteiger partial charge is 0.258 e. The molecule has 0 spiro atoms. The lowest BCUT2D eigenvalue weighted by molar-refractivity contribution is 0.350. The second-order valence-electron chi connectivity index (χ2n) is 3.93. The molecule has 0 aliphatic heterocycles. The Labute approximate surface area is 112 Å². The number of aromatic nitrogens is 2. The summed E-state index contributed by atoms with van der Waals surface area (Å²) < 4.78 is 6.30. The first kappa shape index (κ1) is 12.7. The predicted molar refractivity (Wildman–Crippen MR) is 71.8 cm³/mol. The van der Waals surface area contributed by atoms with Crippen LogP contribution in [0.25, 0.3) is 11.5 Å². The highest BCUT2D eigenvalue weighted by Crippen LogP contribution is 2.30. The summed E-state index contributed by atoms with van der Waals surface area (Å²) in [6.45, 7) is 4.06. The van der Waals surface area contributed by atoms with Gasteiger partial charge in [-0.3, -0.25) is 0 Å². The van der Waals surface area contributed by atoms with Crippen LogP contribution in [0, 0.1) is 0 Å². The van der Waals surface area contributed by atoms with Gasteiger partial charge in [-0.2, -0.15) is 4.98 Å². The fourth-order valence-electron chi connectivity index (χ4n) is 1.53. The minimum Gasteiger partial charge on any atom is -0.334 e. The summed E-state index contributed by atoms with van der Waals surface area (Å²) in [5.41, 5.74) is 6.66. The largest absolute Gasteiger partial charge is 0.334 e. The zero-order valence-electron chi connectivity index (χ0n) is 9.74. The van der Waals surface area contributed by atoms with Crippen molar-refractivity contribution in [3.63, 3.8) is 0 Å². The molecule has 0 aromatic carbocycles. The molecule has 2 aromatic heterocycles. The average Bonchev–Trinajstić information content (AvgIpc) is 2.96. The van der Waals surface area contributed by atoms with Crippen molar-refractivity contribution in [2.75, 3.05) is 0 Å². The number of halogens is 1. The Morgan fingerprint density at radius 2 is 2.18 bits per heavy atom. The molecule has 0 saturated heterocycles. The van der Waals surface area contributed by atoms with Crippen molar-refractivity contribution in [2.24, 2.45) is 5.73 Å². The number of hydrogen-bond acceptors (Lipinski definition) is 5. The molecule has 0 saturated carbocycles. The lowest BCUT2D eigenvalue weighted by Crippen LogP contribution is -2.36. The molecule has 6 heteroatoms. The molecular weight excluding hydrogens is 302 g/mol. The topological polar surface area (TPSA) is 64.9 Å². The third-order valence-corrected chi connectivity index (χ3v) is 4.45. The number of rotatable bonds is 4. The second kappa shape index (κ2) is 4.88. The summed E-state index contributed by atoms with van der Waals surface area (Å²) in [6, 6.07) is 1.96. The Morgan fingerprint density at radius 3 is 2.71 bits per heavy atom. The molecular formula is C11H14BrN3OS. The first-order chi connectivity index (χ1) is 8.09. The summed E-state index contributed by atoms with van der Waals surface area (Å²) >= 11 is 4.99. The van der Waals surface area contributed by atoms with Gasteiger partial charge in [0, 0.05) is 5.38 Å². The molecule has 92 valence electrons. The van der Waals surface area contributed by atoms with Crippen LogP contribution in [0.4, 0.5) is 0 Å². The standard InChI is InChI=1S/C11H14BrN3OS/c1-3-11(13,4-2)10-14-9(16-15-10)7-5-8(12)17-6-7/h5-6H,3-4,13H2,1-2H3. The van der Waals surface area contributed by atoms with Crippen molar-refractivity contribution in [1.29, 1.82) is 0 Å². The Hall–Kier alpha value is -0.720. The predicted octanol–water partition coefficient (Wildman–Crippen LogP) is 3.53. The minimum atomic E-state index is -0.491. The van der Waals surface area contributed by atoms with Crippen LogP contribution in [0.15, 0.2) is 19.8 Å². The van der Waals surface area contributed by atoms with Gasteiger partial charge in [0.1, 0.15) is 0 Å². The van der Waals surface area contributed by atoms with E-state index in [9.17, 15) is 0 Å². The number of hydrogen-bond donors (Lipinski definition) is 1. The van der Waals surface area contributed by atoms with Crippen LogP contribution in [0.2, 0.25) is 0 Å². The molecule has 17 heavy (non-hydrogen) atoms. The summed E-state index contributed by atoms with van der Waals surface area (Å²) in [5, 5.41) is 5.96. The Balaban J connectivity index is 2.33. The van der Waals surface area contributed by atoms with Gasteiger partial charge in [-0.25, -0.2) is 0 Å². The van der Waals surface area contributed by atoms with Crippen molar-refractivity contribution in [2.45, 2.75) is 32.2 Å². The van der Waals surface area contributed by atoms with Crippen molar-refractivity contribution >= 4 is 27.3 Å². The summed E-state index contributed by atoms with van der Waals surface area (Å²) in [4.78, 5) is 4.39. The lowest BCUT2D eigenvalue weighted by atomic mass is 9.93. The number of nitrogens with zero attached hydrogens (tertiary/aromatic N) is 2. The van der Waals surface area contributed by atoms with Gasteiger partial charge >= 0.3 is 0 Å². The van der Waals surface area contributed by atoms with Crippen LogP contribution >= 0.6 is 27.3 Å². The van der Waals surface area contributed by atoms with Crippen LogP contribution in [0.1, 0.15) is 32.5 Å². The van der Waals surface area contributed by atoms with E-state index in [0.29, 0.717) is 11.7 Å². The van der Waals surface area contributed by atoms with Gasteiger partial charge in [0.2, 0.25) is 0 Å². The van der Waals surface area contributed by atoms with E-state index in [4.69, 9.17) is 10.3 Å². The van der Waals surface area contributed by atoms with E-state index in [2.05, 4.69) is 26.1 Å². The average molecular weight is 316 g/mol. The molecule has 0 fully saturated rings. The van der Waals surface area contributed by atoms with Crippen LogP contribution in [-0.4, -0.2) is 10.1 Å². The van der Waals surface area contributed by atoms with Gasteiger partial charge in [0.15, 0.2) is 5.82 Å². The fourth-order valence-corrected chi connectivity index (χ4v) is 2.66. The van der Waals surface area contributed by atoms with E-state index in [1.54, 1.807) is 11.3 Å². The van der Waals surface area contributed by atoms with E-state index in [1.165, 1.54) is 0 Å². The van der Waals surface area contributed by atoms with Gasteiger partial charge in [-0.1, -0.05) is 19.0 Å². The van der Waals surface area contributed by atoms with Crippen molar-refractivity contribution in [1.82, 2.24) is 10.1 Å². The molecule has 0 amide bonds. The maximum atomic E-state index is 6.22. The molecule has 2 aromatic rings. The van der Waals surface area contributed by atoms with Crippen LogP contribution in [0.5, 0.6) is 0 Å². The molecule has 0 radical (unpaired) electrons. The zero-order chi connectivity index (χ0) is 12.5. The zero-order valence-corrected chi connectivity index (χ0v) is 12.1. The van der Waals surface area contributed by atoms with E-state index < -0.39 is 5.54 Å². The van der Waals surface area contributed by atoms with Crippen molar-refractivity contribution in [3.05, 3.63) is 21.1 Å². The molecule has 4 nitrogen and oxygen atoms in total. The van der Waals surface area contributed by atoms with E-state index in [0.717, 1.165) is 22.2 Å². The number of nitrogens with two attached hydrogens (primary N) is 1. The SMILES string of the molecule is CCC(N)(CC)c1noc(-c2csc(Br)c2)n1. The Kier molecular flexibility index (Phi) is 3.65. The minimum absolute atomic E-state index is 0.491. The van der Waals surface area contributed by atoms with Crippen LogP contribution in [-0.2, 0) is 5.54 Å². The Morgan fingerprint density at radius 1 is 1.47 bits per heavy atom. The van der Waals surface area contributed by atoms with Gasteiger partial charge in [0.25, 0.3) is 5.89 Å². The molecule has 0 aliphatic rings. The normalized spacial score (nSPS) is 12.0. The summed E-state index contributed by atoms with van der Waals surface area (Å²) in [5.74, 6) is 1.11. The molecule has 2 heterocycles. The van der Waals surface area contributed by atoms with Crippen LogP contribution < -0.4 is 5.73 Å². The second-order valence-corrected chi connectivity index (χ2v) is 6.22. The summed E-state index contributed by atoms with van der Waals surface area (Å²) in [6.07, 6.45) is 1.58. The molecule has 0 atom stereocenters. The van der Waals surface area contributed by atoms with Gasteiger partial charge in [-0.15, -0.1) is 11.3 Å². The molecule has 0 unspecified atom stereocenters. The van der Waals surface area contributed by atoms with Crippen molar-refractivity contribution < 1.29 is 4.52 Å². The van der Waals surface area contributed by atoms with E-state index in [1.807, 2.05) is 25.3 Å². The highest BCUT2D eigenvalue weighted by Gasteiger charge is 2.29. The van der Waals surface area contributed by atoms with E-state index in [-0.39, 0.29) is 0 Å². The quantitative estimate of drug-likeness (QED) is 0.937. The third kappa shape index (κ3) is 2.43. The lowest BCUT2D eigenvalue weighted by Gasteiger charge is -2.21. The monoisotopic (exact) mass is 315 g/mol. The van der Waals surface area contributed by atoms with Gasteiger partial charge in [-0.05, 0) is 34.8 Å². The maximum absolute atomic E-state index is 6.22. The van der Waals surface area contributed by atoms with Crippen LogP contribution in [0.3, 0.4) is 0 Å². The van der Waals surface area contributed by atoms with E-state index >= 15 is 0 Å². The first-order valence-electron chi connectivity index (χ1n) is 5.46. The molecule has 0 bridgehead atoms. The maximum Gasteiger partial charge on any atom is 0.258 e. The van der Waals surface area contributed by atoms with Gasteiger partial charge < -0.3 is 10.3 Å². The molecule has 2 N–H and O–H groups in total. The highest BCUT2D eigenvalue weighted by atomic mass is 79.9. The van der Waals surface area contributed by atoms with Crippen molar-refractivity contribution in [3.8, 4) is 11.5 Å².